The minimum atomic E-state index is -2.77. The standard InChI is InChI=1S/C14H22.C13H19NO2.C13H17N.2C13H20.C12H16F2O.C12H16F2.C12H15N.C12H18O.2C12H18/c1-7-12-8-10(2)13(11(3)9-12)14(4,5)6;1-13(2,3)11-7-5-10(6-8-11)9-14-12(15)16-4;1-9-6-7-11(8-14)12(10(9)2)13(3,4)5;1-9-7-10(2)12(11(3)8-9)13(4,5)6;1-9-7-8-10(2)12(11(9)3)13(4,5)6;1-8-5-6-10(15-11(13)14)9(7-8)12(2,3)4;1-8-5-6-9(11(13)14)10(7-8)12(2,3)4;1-9-5-6-10(8-13)11(7-9)12(2,3)4;1-8-6-10(13)7-9(2)11(8)12(3,4)5;2*1-9-6-7-10(2)11(8-9)12(3,4)5/h8-9H,7H2,1-6H3;5-8H,9H2,1-4H3,(H,14,15);6-7H,1-5H3;2*7-8H,1-6H3;5-7,11H,1-4H3;5-7,11H,1-4H3;5-7H,1-4H3;6-7,13H,1-5H3;2*6-8H,1-5H3. The van der Waals surface area contributed by atoms with Gasteiger partial charge in [-0.25, -0.2) is 13.6 Å². The Kier molecular flexibility index (Phi) is 51.9. The molecule has 0 heterocycles. The van der Waals surface area contributed by atoms with Gasteiger partial charge in [0.1, 0.15) is 11.5 Å². The van der Waals surface area contributed by atoms with Crippen LogP contribution in [0, 0.1) is 154 Å². The number of alkyl carbamates (subject to hydrolysis) is 1. The molecule has 0 aromatic heterocycles. The number of amides is 1. The highest BCUT2D eigenvalue weighted by molar-refractivity contribution is 5.67. The molecule has 0 aliphatic rings. The van der Waals surface area contributed by atoms with Crippen molar-refractivity contribution in [3.63, 3.8) is 0 Å². The lowest BCUT2D eigenvalue weighted by Gasteiger charge is -2.25. The maximum atomic E-state index is 12.7. The predicted molar refractivity (Wildman–Crippen MR) is 638 cm³/mol. The average molecular weight is 2040 g/mol. The van der Waals surface area contributed by atoms with Crippen LogP contribution in [0.4, 0.5) is 22.4 Å². The normalized spacial score (nSPS) is 11.6. The van der Waals surface area contributed by atoms with E-state index in [0.717, 1.165) is 50.9 Å². The van der Waals surface area contributed by atoms with Crippen molar-refractivity contribution in [3.05, 3.63) is 371 Å². The molecule has 11 heteroatoms. The zero-order valence-corrected chi connectivity index (χ0v) is 103. The highest BCUT2D eigenvalue weighted by atomic mass is 19.3. The van der Waals surface area contributed by atoms with Crippen molar-refractivity contribution >= 4 is 6.09 Å². The Labute approximate surface area is 907 Å². The second-order valence-corrected chi connectivity index (χ2v) is 52.3. The van der Waals surface area contributed by atoms with E-state index in [9.17, 15) is 27.5 Å². The number of phenolic OH excluding ortho intramolecular Hbond substituents is 1. The van der Waals surface area contributed by atoms with Gasteiger partial charge in [0.25, 0.3) is 6.43 Å². The van der Waals surface area contributed by atoms with Crippen LogP contribution in [0.5, 0.6) is 11.5 Å². The van der Waals surface area contributed by atoms with Gasteiger partial charge in [-0.2, -0.15) is 19.3 Å². The molecule has 0 unspecified atom stereocenters. The fraction of sp³-hybridized carbons (Fsp3) is 0.500. The van der Waals surface area contributed by atoms with E-state index in [4.69, 9.17) is 10.5 Å². The van der Waals surface area contributed by atoms with Gasteiger partial charge in [-0.15, -0.1) is 0 Å². The number of alkyl halides is 4. The molecule has 0 atom stereocenters. The van der Waals surface area contributed by atoms with Gasteiger partial charge in [-0.05, 0) is 373 Å². The minimum absolute atomic E-state index is 0.0428. The quantitative estimate of drug-likeness (QED) is 0.160. The molecule has 0 saturated heterocycles. The number of benzene rings is 11. The number of ether oxygens (including phenoxy) is 2. The van der Waals surface area contributed by atoms with Gasteiger partial charge in [-0.3, -0.25) is 0 Å². The van der Waals surface area contributed by atoms with Gasteiger partial charge in [-0.1, -0.05) is 414 Å². The van der Waals surface area contributed by atoms with E-state index in [-0.39, 0.29) is 70.9 Å². The lowest BCUT2D eigenvalue weighted by Crippen LogP contribution is -2.22. The summed E-state index contributed by atoms with van der Waals surface area (Å²) in [6.45, 7) is 112. The number of phenols is 1. The summed E-state index contributed by atoms with van der Waals surface area (Å²) in [6, 6.07) is 63.6. The van der Waals surface area contributed by atoms with E-state index in [1.165, 1.54) is 158 Å². The molecule has 0 radical (unpaired) electrons. The first-order valence-corrected chi connectivity index (χ1v) is 53.2. The molecule has 2 N–H and O–H groups in total. The van der Waals surface area contributed by atoms with Gasteiger partial charge < -0.3 is 19.9 Å². The van der Waals surface area contributed by atoms with Crippen LogP contribution >= 0.6 is 0 Å². The minimum Gasteiger partial charge on any atom is -0.508 e. The number of carbonyl (C=O) groups is 1. The number of nitrogens with zero attached hydrogens (tertiary/aromatic N) is 2. The van der Waals surface area contributed by atoms with Crippen LogP contribution in [0.2, 0.25) is 0 Å². The molecule has 11 aromatic rings. The summed E-state index contributed by atoms with van der Waals surface area (Å²) in [5.41, 5.74) is 44.5. The van der Waals surface area contributed by atoms with Crippen LogP contribution in [-0.4, -0.2) is 24.9 Å². The highest BCUT2D eigenvalue weighted by Gasteiger charge is 2.29. The maximum Gasteiger partial charge on any atom is 0.407 e. The molecule has 1 amide bonds. The third-order valence-corrected chi connectivity index (χ3v) is 26.1. The van der Waals surface area contributed by atoms with Crippen LogP contribution in [0.3, 0.4) is 0 Å². The van der Waals surface area contributed by atoms with E-state index in [1.807, 2.05) is 130 Å². The highest BCUT2D eigenvalue weighted by Crippen LogP contribution is 2.40. The second-order valence-electron chi connectivity index (χ2n) is 52.3. The third kappa shape index (κ3) is 46.0. The Hall–Kier alpha value is -11.0. The predicted octanol–water partition coefficient (Wildman–Crippen LogP) is 40.1. The first kappa shape index (κ1) is 136. The van der Waals surface area contributed by atoms with Gasteiger partial charge in [0.15, 0.2) is 0 Å². The maximum absolute atomic E-state index is 12.7. The topological polar surface area (TPSA) is 115 Å². The summed E-state index contributed by atoms with van der Waals surface area (Å²) in [5.74, 6) is 0.631. The fourth-order valence-electron chi connectivity index (χ4n) is 19.7. The lowest BCUT2D eigenvalue weighted by atomic mass is 9.80. The molecule has 7 nitrogen and oxygen atoms in total. The van der Waals surface area contributed by atoms with Crippen molar-refractivity contribution in [2.75, 3.05) is 7.11 Å². The number of halogens is 4. The van der Waals surface area contributed by atoms with Crippen LogP contribution in [0.25, 0.3) is 0 Å². The molecule has 149 heavy (non-hydrogen) atoms. The lowest BCUT2D eigenvalue weighted by molar-refractivity contribution is -0.0509. The molecule has 818 valence electrons. The van der Waals surface area contributed by atoms with Crippen molar-refractivity contribution < 1.29 is 36.9 Å². The molecule has 0 fully saturated rings. The summed E-state index contributed by atoms with van der Waals surface area (Å²) in [6.07, 6.45) is -1.66. The van der Waals surface area contributed by atoms with Crippen molar-refractivity contribution in [1.82, 2.24) is 5.32 Å². The summed E-state index contributed by atoms with van der Waals surface area (Å²) >= 11 is 0. The Balaban J connectivity index is 0.000000820. The third-order valence-electron chi connectivity index (χ3n) is 26.1. The molecule has 11 rings (SSSR count). The fourth-order valence-corrected chi connectivity index (χ4v) is 19.7. The average Bonchev–Trinajstić information content (AvgIpc) is 0.793. The number of methoxy groups -OCH3 is 1. The Morgan fingerprint density at radius 2 is 0.604 bits per heavy atom. The Bertz CT molecular complexity index is 6020. The molecule has 0 aliphatic carbocycles. The number of hydrogen-bond acceptors (Lipinski definition) is 6. The largest absolute Gasteiger partial charge is 0.508 e. The zero-order chi connectivity index (χ0) is 116. The van der Waals surface area contributed by atoms with Crippen molar-refractivity contribution in [2.45, 2.75) is 453 Å². The van der Waals surface area contributed by atoms with Crippen LogP contribution in [-0.2, 0) is 77.3 Å². The number of rotatable bonds is 6. The van der Waals surface area contributed by atoms with Crippen LogP contribution < -0.4 is 10.1 Å². The van der Waals surface area contributed by atoms with Gasteiger partial charge in [0.2, 0.25) is 0 Å². The second kappa shape index (κ2) is 56.9. The van der Waals surface area contributed by atoms with Crippen molar-refractivity contribution in [2.24, 2.45) is 0 Å². The molecule has 11 aromatic carbocycles. The molecule has 0 aliphatic heterocycles. The smallest absolute Gasteiger partial charge is 0.407 e. The molecular formula is C138H199F4N3O4. The molecule has 0 saturated carbocycles. The summed E-state index contributed by atoms with van der Waals surface area (Å²) in [7, 11) is 1.36. The first-order chi connectivity index (χ1) is 67.5. The summed E-state index contributed by atoms with van der Waals surface area (Å²) in [4.78, 5) is 10.9. The number of nitrogens with one attached hydrogen (secondary N) is 1. The van der Waals surface area contributed by atoms with Crippen LogP contribution in [0.1, 0.15) is 437 Å². The van der Waals surface area contributed by atoms with E-state index in [2.05, 4.69) is 416 Å². The number of hydrogen-bond donors (Lipinski definition) is 2. The number of aromatic hydroxyl groups is 1. The molecule has 0 spiro atoms. The first-order valence-electron chi connectivity index (χ1n) is 53.2. The van der Waals surface area contributed by atoms with E-state index >= 15 is 0 Å². The van der Waals surface area contributed by atoms with E-state index in [1.54, 1.807) is 18.2 Å². The Morgan fingerprint density at radius 1 is 0.302 bits per heavy atom. The van der Waals surface area contributed by atoms with Gasteiger partial charge in [0.05, 0.1) is 30.4 Å². The van der Waals surface area contributed by atoms with Crippen molar-refractivity contribution in [3.8, 4) is 23.6 Å². The molecular weight excluding hydrogens is 1840 g/mol. The van der Waals surface area contributed by atoms with Gasteiger partial charge in [0, 0.05) is 12.1 Å². The monoisotopic (exact) mass is 2040 g/mol. The summed E-state index contributed by atoms with van der Waals surface area (Å²) in [5, 5.41) is 30.0. The number of nitriles is 2. The van der Waals surface area contributed by atoms with Crippen LogP contribution in [0.15, 0.2) is 176 Å². The Morgan fingerprint density at radius 3 is 0.926 bits per heavy atom. The van der Waals surface area contributed by atoms with E-state index in [0.29, 0.717) is 12.3 Å². The zero-order valence-electron chi connectivity index (χ0n) is 103. The summed E-state index contributed by atoms with van der Waals surface area (Å²) < 4.78 is 58.7. The van der Waals surface area contributed by atoms with Gasteiger partial charge >= 0.3 is 12.7 Å². The number of carbonyl (C=O) groups excluding carboxylic acids is 1. The molecule has 0 bridgehead atoms. The van der Waals surface area contributed by atoms with Crippen molar-refractivity contribution in [1.29, 1.82) is 10.5 Å². The number of aryl methyl sites for hydroxylation is 18. The SMILES string of the molecule is CCc1cc(C)c(C(C)(C)C)c(C)c1.COC(=O)NCc1ccc(C(C)(C)C)cc1.Cc1cc(C)c(C(C)(C)C)c(C)c1.Cc1cc(O)cc(C)c1C(C)(C)C.Cc1ccc(C#N)c(C(C)(C)C)c1.Cc1ccc(C#N)c(C(C)(C)C)c1C.Cc1ccc(C(F)F)c(C(C)(C)C)c1.Cc1ccc(C)c(C(C)(C)C)c1.Cc1ccc(C)c(C(C)(C)C)c1.Cc1ccc(C)c(C(C)(C)C)c1C.Cc1ccc(OC(F)F)c(C(C)(C)C)c1. The van der Waals surface area contributed by atoms with E-state index < -0.39 is 19.1 Å².